The molecule has 2 heterocycles. The minimum Gasteiger partial charge on any atom is -0.494 e. The second-order valence-electron chi connectivity index (χ2n) is 5.36. The van der Waals surface area contributed by atoms with Crippen molar-refractivity contribution in [2.45, 2.75) is 19.0 Å². The van der Waals surface area contributed by atoms with Crippen LogP contribution in [0, 0.1) is 0 Å². The van der Waals surface area contributed by atoms with Gasteiger partial charge in [-0.1, -0.05) is 11.8 Å². The van der Waals surface area contributed by atoms with Crippen molar-refractivity contribution >= 4 is 40.3 Å². The molecule has 1 aromatic carbocycles. The molecule has 0 saturated heterocycles. The molecule has 3 rings (SSSR count). The number of imidazole rings is 1. The van der Waals surface area contributed by atoms with Gasteiger partial charge in [-0.25, -0.2) is 15.0 Å². The van der Waals surface area contributed by atoms with Gasteiger partial charge >= 0.3 is 0 Å². The number of anilines is 2. The van der Waals surface area contributed by atoms with Crippen molar-refractivity contribution in [1.29, 1.82) is 0 Å². The highest BCUT2D eigenvalue weighted by molar-refractivity contribution is 7.99. The van der Waals surface area contributed by atoms with Gasteiger partial charge in [0, 0.05) is 6.07 Å². The van der Waals surface area contributed by atoms with Crippen LogP contribution in [0.25, 0.3) is 11.2 Å². The van der Waals surface area contributed by atoms with E-state index in [-0.39, 0.29) is 11.7 Å². The number of amides is 1. The molecule has 9 nitrogen and oxygen atoms in total. The maximum atomic E-state index is 12.4. The van der Waals surface area contributed by atoms with Crippen LogP contribution in [0.2, 0.25) is 0 Å². The van der Waals surface area contributed by atoms with E-state index in [1.54, 1.807) is 18.2 Å². The zero-order chi connectivity index (χ0) is 19.2. The summed E-state index contributed by atoms with van der Waals surface area (Å²) in [4.78, 5) is 27.6. The molecule has 0 unspecified atom stereocenters. The number of benzene rings is 1. The SMILES string of the molecule is CCOc1ccc(OCC)c(NC(=O)CSc2nc3ncnc(N)c3[nH]2)c1. The fourth-order valence-corrected chi connectivity index (χ4v) is 3.02. The summed E-state index contributed by atoms with van der Waals surface area (Å²) >= 11 is 1.24. The van der Waals surface area contributed by atoms with Gasteiger partial charge in [0.1, 0.15) is 23.3 Å². The van der Waals surface area contributed by atoms with E-state index < -0.39 is 0 Å². The molecule has 2 aromatic heterocycles. The van der Waals surface area contributed by atoms with E-state index in [4.69, 9.17) is 15.2 Å². The molecule has 0 radical (unpaired) electrons. The fraction of sp³-hybridized carbons (Fsp3) is 0.294. The molecule has 27 heavy (non-hydrogen) atoms. The second-order valence-corrected chi connectivity index (χ2v) is 6.32. The summed E-state index contributed by atoms with van der Waals surface area (Å²) in [6.07, 6.45) is 1.35. The number of hydrogen-bond acceptors (Lipinski definition) is 8. The van der Waals surface area contributed by atoms with Gasteiger partial charge in [0.15, 0.2) is 16.6 Å². The Labute approximate surface area is 160 Å². The summed E-state index contributed by atoms with van der Waals surface area (Å²) in [5.74, 6) is 1.52. The van der Waals surface area contributed by atoms with E-state index in [1.165, 1.54) is 18.1 Å². The van der Waals surface area contributed by atoms with Crippen LogP contribution in [0.1, 0.15) is 13.8 Å². The van der Waals surface area contributed by atoms with Gasteiger partial charge in [0.2, 0.25) is 5.91 Å². The number of aromatic nitrogens is 4. The monoisotopic (exact) mass is 388 g/mol. The number of H-pyrrole nitrogens is 1. The lowest BCUT2D eigenvalue weighted by Gasteiger charge is -2.13. The van der Waals surface area contributed by atoms with E-state index in [2.05, 4.69) is 25.3 Å². The summed E-state index contributed by atoms with van der Waals surface area (Å²) in [6.45, 7) is 4.81. The molecule has 0 atom stereocenters. The molecule has 4 N–H and O–H groups in total. The molecule has 0 fully saturated rings. The number of aromatic amines is 1. The predicted octanol–water partition coefficient (Wildman–Crippen LogP) is 2.46. The number of nitrogens with zero attached hydrogens (tertiary/aromatic N) is 3. The van der Waals surface area contributed by atoms with Crippen LogP contribution < -0.4 is 20.5 Å². The third kappa shape index (κ3) is 4.59. The van der Waals surface area contributed by atoms with E-state index in [0.717, 1.165) is 0 Å². The molecule has 0 bridgehead atoms. The minimum absolute atomic E-state index is 0.150. The maximum absolute atomic E-state index is 12.4. The molecule has 0 aliphatic carbocycles. The summed E-state index contributed by atoms with van der Waals surface area (Å²) in [5.41, 5.74) is 7.36. The molecule has 0 spiro atoms. The average molecular weight is 388 g/mol. The van der Waals surface area contributed by atoms with Gasteiger partial charge in [-0.05, 0) is 26.0 Å². The number of hydrogen-bond donors (Lipinski definition) is 3. The first kappa shape index (κ1) is 18.8. The van der Waals surface area contributed by atoms with Gasteiger partial charge in [-0.3, -0.25) is 4.79 Å². The van der Waals surface area contributed by atoms with Crippen LogP contribution in [0.15, 0.2) is 29.7 Å². The quantitative estimate of drug-likeness (QED) is 0.502. The van der Waals surface area contributed by atoms with Crippen LogP contribution in [0.3, 0.4) is 0 Å². The minimum atomic E-state index is -0.200. The number of fused-ring (bicyclic) bond motifs is 1. The molecular formula is C17H20N6O3S. The van der Waals surface area contributed by atoms with Crippen molar-refractivity contribution in [2.75, 3.05) is 30.0 Å². The lowest BCUT2D eigenvalue weighted by molar-refractivity contribution is -0.113. The Hall–Kier alpha value is -3.01. The number of nitrogens with one attached hydrogen (secondary N) is 2. The van der Waals surface area contributed by atoms with Crippen LogP contribution in [-0.2, 0) is 4.79 Å². The van der Waals surface area contributed by atoms with Gasteiger partial charge in [0.05, 0.1) is 24.7 Å². The third-order valence-electron chi connectivity index (χ3n) is 3.47. The number of rotatable bonds is 8. The van der Waals surface area contributed by atoms with E-state index in [0.29, 0.717) is 52.5 Å². The van der Waals surface area contributed by atoms with E-state index in [9.17, 15) is 4.79 Å². The van der Waals surface area contributed by atoms with Crippen LogP contribution in [-0.4, -0.2) is 44.8 Å². The summed E-state index contributed by atoms with van der Waals surface area (Å²) in [5, 5.41) is 3.39. The summed E-state index contributed by atoms with van der Waals surface area (Å²) in [6, 6.07) is 5.32. The number of carbonyl (C=O) groups excluding carboxylic acids is 1. The highest BCUT2D eigenvalue weighted by atomic mass is 32.2. The Morgan fingerprint density at radius 2 is 2.07 bits per heavy atom. The van der Waals surface area contributed by atoms with E-state index >= 15 is 0 Å². The Morgan fingerprint density at radius 3 is 2.81 bits per heavy atom. The number of nitrogen functional groups attached to an aromatic ring is 1. The Morgan fingerprint density at radius 1 is 1.26 bits per heavy atom. The average Bonchev–Trinajstić information content (AvgIpc) is 3.07. The first-order valence-corrected chi connectivity index (χ1v) is 9.37. The van der Waals surface area contributed by atoms with Gasteiger partial charge in [-0.2, -0.15) is 0 Å². The standard InChI is InChI=1S/C17H20N6O3S/c1-3-25-10-5-6-12(26-4-2)11(7-10)21-13(24)8-27-17-22-14-15(18)19-9-20-16(14)23-17/h5-7,9H,3-4,8H2,1-2H3,(H,21,24)(H3,18,19,20,22,23). The van der Waals surface area contributed by atoms with Crippen molar-refractivity contribution in [3.63, 3.8) is 0 Å². The molecule has 0 aliphatic heterocycles. The largest absolute Gasteiger partial charge is 0.494 e. The van der Waals surface area contributed by atoms with Crippen LogP contribution in [0.5, 0.6) is 11.5 Å². The zero-order valence-corrected chi connectivity index (χ0v) is 15.8. The molecular weight excluding hydrogens is 368 g/mol. The topological polar surface area (TPSA) is 128 Å². The normalized spacial score (nSPS) is 10.7. The lowest BCUT2D eigenvalue weighted by Crippen LogP contribution is -2.15. The smallest absolute Gasteiger partial charge is 0.234 e. The van der Waals surface area contributed by atoms with Crippen LogP contribution in [0.4, 0.5) is 11.5 Å². The first-order valence-electron chi connectivity index (χ1n) is 8.39. The Balaban J connectivity index is 1.67. The van der Waals surface area contributed by atoms with Crippen molar-refractivity contribution in [1.82, 2.24) is 19.9 Å². The zero-order valence-electron chi connectivity index (χ0n) is 15.0. The molecule has 0 saturated carbocycles. The highest BCUT2D eigenvalue weighted by Gasteiger charge is 2.13. The number of carbonyl (C=O) groups is 1. The maximum Gasteiger partial charge on any atom is 0.234 e. The van der Waals surface area contributed by atoms with Gasteiger partial charge in [-0.15, -0.1) is 0 Å². The molecule has 0 aliphatic rings. The number of thioether (sulfide) groups is 1. The Bertz CT molecular complexity index is 946. The second kappa shape index (κ2) is 8.58. The summed E-state index contributed by atoms with van der Waals surface area (Å²) < 4.78 is 11.0. The molecule has 3 aromatic rings. The number of nitrogens with two attached hydrogens (primary N) is 1. The van der Waals surface area contributed by atoms with Crippen molar-refractivity contribution < 1.29 is 14.3 Å². The predicted molar refractivity (Wildman–Crippen MR) is 104 cm³/mol. The van der Waals surface area contributed by atoms with Crippen molar-refractivity contribution in [3.8, 4) is 11.5 Å². The third-order valence-corrected chi connectivity index (χ3v) is 4.35. The van der Waals surface area contributed by atoms with Gasteiger partial charge in [0.25, 0.3) is 0 Å². The number of ether oxygens (including phenoxy) is 2. The van der Waals surface area contributed by atoms with Gasteiger partial charge < -0.3 is 25.5 Å². The Kier molecular flexibility index (Phi) is 5.97. The fourth-order valence-electron chi connectivity index (χ4n) is 2.36. The molecule has 1 amide bonds. The molecule has 142 valence electrons. The molecule has 10 heteroatoms. The first-order chi connectivity index (χ1) is 13.1. The summed E-state index contributed by atoms with van der Waals surface area (Å²) in [7, 11) is 0. The van der Waals surface area contributed by atoms with Crippen molar-refractivity contribution in [3.05, 3.63) is 24.5 Å². The van der Waals surface area contributed by atoms with Crippen molar-refractivity contribution in [2.24, 2.45) is 0 Å². The van der Waals surface area contributed by atoms with Crippen LogP contribution >= 0.6 is 11.8 Å². The lowest BCUT2D eigenvalue weighted by atomic mass is 10.2. The van der Waals surface area contributed by atoms with E-state index in [1.807, 2.05) is 13.8 Å². The highest BCUT2D eigenvalue weighted by Crippen LogP contribution is 2.30.